The first-order valence-electron chi connectivity index (χ1n) is 2.80. The summed E-state index contributed by atoms with van der Waals surface area (Å²) in [4.78, 5) is 20.2. The van der Waals surface area contributed by atoms with Crippen molar-refractivity contribution in [2.24, 2.45) is 5.73 Å². The number of rotatable bonds is 3. The molecule has 1 unspecified atom stereocenters. The van der Waals surface area contributed by atoms with Gasteiger partial charge >= 0.3 is 12.0 Å². The Bertz CT molecular complexity index is 190. The monoisotopic (exact) mass is 156 g/mol. The fourth-order valence-electron chi connectivity index (χ4n) is 0.498. The van der Waals surface area contributed by atoms with Crippen LogP contribution in [0.15, 0.2) is 0 Å². The van der Waals surface area contributed by atoms with Crippen LogP contribution in [0.1, 0.15) is 6.42 Å². The van der Waals surface area contributed by atoms with Crippen LogP contribution in [-0.4, -0.2) is 23.1 Å². The molecule has 11 heavy (non-hydrogen) atoms. The van der Waals surface area contributed by atoms with Crippen molar-refractivity contribution >= 4 is 12.0 Å². The second-order valence-electron chi connectivity index (χ2n) is 1.83. The number of carboxylic acids is 1. The molecule has 0 bridgehead atoms. The Morgan fingerprint density at radius 1 is 1.73 bits per heavy atom. The van der Waals surface area contributed by atoms with Gasteiger partial charge < -0.3 is 16.2 Å². The molecule has 0 aliphatic rings. The van der Waals surface area contributed by atoms with Crippen molar-refractivity contribution in [1.29, 1.82) is 0 Å². The van der Waals surface area contributed by atoms with Crippen LogP contribution in [0.2, 0.25) is 0 Å². The standard InChI is InChI=1S/C6H8N2O3/c1-2-4(3-5(9)10)8-6(7)11/h1,4H,3H2,(H,9,10)(H3,7,8,11). The average molecular weight is 156 g/mol. The summed E-state index contributed by atoms with van der Waals surface area (Å²) in [7, 11) is 0. The molecule has 0 aliphatic carbocycles. The van der Waals surface area contributed by atoms with E-state index in [0.29, 0.717) is 0 Å². The predicted molar refractivity (Wildman–Crippen MR) is 37.6 cm³/mol. The molecule has 5 heteroatoms. The summed E-state index contributed by atoms with van der Waals surface area (Å²) in [5, 5.41) is 10.3. The number of carbonyl (C=O) groups is 2. The Balaban J connectivity index is 3.89. The summed E-state index contributed by atoms with van der Waals surface area (Å²) in [6.45, 7) is 0. The first-order chi connectivity index (χ1) is 5.06. The van der Waals surface area contributed by atoms with Gasteiger partial charge in [-0.05, 0) is 0 Å². The maximum atomic E-state index is 10.2. The van der Waals surface area contributed by atoms with Crippen LogP contribution in [0.4, 0.5) is 4.79 Å². The number of primary amides is 1. The Morgan fingerprint density at radius 2 is 2.27 bits per heavy atom. The summed E-state index contributed by atoms with van der Waals surface area (Å²) >= 11 is 0. The van der Waals surface area contributed by atoms with Crippen LogP contribution >= 0.6 is 0 Å². The summed E-state index contributed by atoms with van der Waals surface area (Å²) in [5.41, 5.74) is 4.71. The second kappa shape index (κ2) is 4.17. The highest BCUT2D eigenvalue weighted by Gasteiger charge is 2.10. The number of nitrogens with one attached hydrogen (secondary N) is 1. The zero-order valence-corrected chi connectivity index (χ0v) is 5.70. The van der Waals surface area contributed by atoms with E-state index < -0.39 is 18.0 Å². The van der Waals surface area contributed by atoms with Crippen molar-refractivity contribution < 1.29 is 14.7 Å². The lowest BCUT2D eigenvalue weighted by atomic mass is 10.2. The quantitative estimate of drug-likeness (QED) is 0.464. The van der Waals surface area contributed by atoms with Gasteiger partial charge in [-0.3, -0.25) is 4.79 Å². The van der Waals surface area contributed by atoms with Crippen LogP contribution in [0.25, 0.3) is 0 Å². The van der Waals surface area contributed by atoms with Gasteiger partial charge in [-0.15, -0.1) is 6.42 Å². The highest BCUT2D eigenvalue weighted by atomic mass is 16.4. The minimum atomic E-state index is -1.08. The molecule has 0 heterocycles. The van der Waals surface area contributed by atoms with Gasteiger partial charge in [-0.2, -0.15) is 0 Å². The van der Waals surface area contributed by atoms with Gasteiger partial charge in [0.25, 0.3) is 0 Å². The van der Waals surface area contributed by atoms with Gasteiger partial charge in [0.15, 0.2) is 0 Å². The Morgan fingerprint density at radius 3 is 2.55 bits per heavy atom. The van der Waals surface area contributed by atoms with Crippen molar-refractivity contribution in [2.75, 3.05) is 0 Å². The molecule has 0 spiro atoms. The second-order valence-corrected chi connectivity index (χ2v) is 1.83. The molecule has 1 atom stereocenters. The molecule has 4 N–H and O–H groups in total. The van der Waals surface area contributed by atoms with E-state index in [9.17, 15) is 9.59 Å². The zero-order chi connectivity index (χ0) is 8.85. The predicted octanol–water partition coefficient (Wildman–Crippen LogP) is -0.869. The van der Waals surface area contributed by atoms with E-state index in [4.69, 9.17) is 17.3 Å². The lowest BCUT2D eigenvalue weighted by Crippen LogP contribution is -2.38. The molecular weight excluding hydrogens is 148 g/mol. The van der Waals surface area contributed by atoms with Crippen LogP contribution in [-0.2, 0) is 4.79 Å². The molecule has 0 aromatic heterocycles. The molecule has 2 amide bonds. The third-order valence-electron chi connectivity index (χ3n) is 0.896. The van der Waals surface area contributed by atoms with Crippen LogP contribution in [0.5, 0.6) is 0 Å². The Kier molecular flexibility index (Phi) is 3.52. The van der Waals surface area contributed by atoms with Crippen LogP contribution in [0, 0.1) is 12.3 Å². The normalized spacial score (nSPS) is 11.2. The molecule has 5 nitrogen and oxygen atoms in total. The first kappa shape index (κ1) is 9.30. The molecule has 0 fully saturated rings. The van der Waals surface area contributed by atoms with E-state index in [0.717, 1.165) is 0 Å². The number of carbonyl (C=O) groups excluding carboxylic acids is 1. The zero-order valence-electron chi connectivity index (χ0n) is 5.70. The Labute approximate surface area is 63.6 Å². The number of hydrogen-bond acceptors (Lipinski definition) is 2. The molecule has 0 aromatic rings. The third kappa shape index (κ3) is 4.78. The van der Waals surface area contributed by atoms with Gasteiger partial charge in [0.2, 0.25) is 0 Å². The number of hydrogen-bond donors (Lipinski definition) is 3. The molecular formula is C6H8N2O3. The average Bonchev–Trinajstić information content (AvgIpc) is 1.84. The maximum absolute atomic E-state index is 10.2. The highest BCUT2D eigenvalue weighted by molar-refractivity contribution is 5.74. The number of carboxylic acid groups (broad SMARTS) is 1. The number of terminal acetylenes is 1. The fraction of sp³-hybridized carbons (Fsp3) is 0.333. The summed E-state index contributed by atoms with van der Waals surface area (Å²) in [5.74, 6) is 0.990. The van der Waals surface area contributed by atoms with Crippen molar-refractivity contribution in [1.82, 2.24) is 5.32 Å². The van der Waals surface area contributed by atoms with E-state index in [1.54, 1.807) is 0 Å². The van der Waals surface area contributed by atoms with Gasteiger partial charge in [0.05, 0.1) is 6.42 Å². The molecule has 0 aliphatic heterocycles. The minimum Gasteiger partial charge on any atom is -0.481 e. The number of aliphatic carboxylic acids is 1. The van der Waals surface area contributed by atoms with Crippen molar-refractivity contribution in [3.05, 3.63) is 0 Å². The molecule has 0 rings (SSSR count). The van der Waals surface area contributed by atoms with Crippen LogP contribution < -0.4 is 11.1 Å². The van der Waals surface area contributed by atoms with E-state index in [2.05, 4.69) is 11.2 Å². The van der Waals surface area contributed by atoms with E-state index in [1.165, 1.54) is 0 Å². The lowest BCUT2D eigenvalue weighted by molar-refractivity contribution is -0.137. The smallest absolute Gasteiger partial charge is 0.313 e. The third-order valence-corrected chi connectivity index (χ3v) is 0.896. The van der Waals surface area contributed by atoms with Crippen molar-refractivity contribution in [3.8, 4) is 12.3 Å². The number of urea groups is 1. The SMILES string of the molecule is C#CC(CC(=O)O)NC(N)=O. The van der Waals surface area contributed by atoms with Gasteiger partial charge in [0.1, 0.15) is 6.04 Å². The highest BCUT2D eigenvalue weighted by Crippen LogP contribution is 1.88. The number of nitrogens with two attached hydrogens (primary N) is 1. The molecule has 0 saturated heterocycles. The van der Waals surface area contributed by atoms with Crippen molar-refractivity contribution in [3.63, 3.8) is 0 Å². The molecule has 60 valence electrons. The molecule has 0 aromatic carbocycles. The molecule has 0 radical (unpaired) electrons. The fourth-order valence-corrected chi connectivity index (χ4v) is 0.498. The number of amides is 2. The van der Waals surface area contributed by atoms with Crippen LogP contribution in [0.3, 0.4) is 0 Å². The van der Waals surface area contributed by atoms with Gasteiger partial charge in [-0.25, -0.2) is 4.79 Å². The lowest BCUT2D eigenvalue weighted by Gasteiger charge is -2.06. The van der Waals surface area contributed by atoms with E-state index >= 15 is 0 Å². The van der Waals surface area contributed by atoms with Crippen molar-refractivity contribution in [2.45, 2.75) is 12.5 Å². The van der Waals surface area contributed by atoms with Gasteiger partial charge in [-0.1, -0.05) is 5.92 Å². The maximum Gasteiger partial charge on any atom is 0.313 e. The van der Waals surface area contributed by atoms with Gasteiger partial charge in [0, 0.05) is 0 Å². The molecule has 0 saturated carbocycles. The first-order valence-corrected chi connectivity index (χ1v) is 2.80. The Hall–Kier alpha value is -1.70. The van der Waals surface area contributed by atoms with E-state index in [1.807, 2.05) is 0 Å². The topological polar surface area (TPSA) is 92.4 Å². The summed E-state index contributed by atoms with van der Waals surface area (Å²) in [6, 6.07) is -1.65. The summed E-state index contributed by atoms with van der Waals surface area (Å²) < 4.78 is 0. The largest absolute Gasteiger partial charge is 0.481 e. The summed E-state index contributed by atoms with van der Waals surface area (Å²) in [6.07, 6.45) is 4.57. The van der Waals surface area contributed by atoms with E-state index in [-0.39, 0.29) is 6.42 Å². The minimum absolute atomic E-state index is 0.320.